The van der Waals surface area contributed by atoms with Gasteiger partial charge < -0.3 is 14.8 Å². The molecule has 0 unspecified atom stereocenters. The van der Waals surface area contributed by atoms with E-state index in [4.69, 9.17) is 15.9 Å². The number of carbonyl (C=O) groups excluding carboxylic acids is 2. The van der Waals surface area contributed by atoms with E-state index in [1.807, 2.05) is 0 Å². The Labute approximate surface area is 117 Å². The van der Waals surface area contributed by atoms with Crippen molar-refractivity contribution in [2.75, 3.05) is 25.5 Å². The van der Waals surface area contributed by atoms with Crippen molar-refractivity contribution >= 4 is 22.8 Å². The van der Waals surface area contributed by atoms with Crippen LogP contribution in [0.25, 0.3) is 0 Å². The number of amides is 1. The summed E-state index contributed by atoms with van der Waals surface area (Å²) in [5.74, 6) is 2.14. The molecule has 1 N–H and O–H groups in total. The van der Waals surface area contributed by atoms with Crippen LogP contribution in [0.1, 0.15) is 26.2 Å². The fourth-order valence-electron chi connectivity index (χ4n) is 1.76. The maximum Gasteiger partial charge on any atom is 0.216 e. The molecule has 1 aliphatic heterocycles. The van der Waals surface area contributed by atoms with E-state index in [2.05, 4.69) is 11.2 Å². The van der Waals surface area contributed by atoms with Crippen LogP contribution in [0.5, 0.6) is 0 Å². The molecule has 0 radical (unpaired) electrons. The molecule has 0 bridgehead atoms. The molecule has 1 fully saturated rings. The number of terminal acetylenes is 1. The zero-order valence-corrected chi connectivity index (χ0v) is 11.9. The summed E-state index contributed by atoms with van der Waals surface area (Å²) in [6, 6.07) is 0. The fourth-order valence-corrected chi connectivity index (χ4v) is 2.51. The lowest BCUT2D eigenvalue weighted by molar-refractivity contribution is -0.168. The molecule has 0 aromatic carbocycles. The Morgan fingerprint density at radius 1 is 1.42 bits per heavy atom. The standard InChI is InChI=1S/C13H19NO4S/c1-3-4-5-13(17-7-8-18-13)10-12(16)19-9-6-14-11(2)15/h1H,4-10H2,2H3,(H,14,15). The number of hydrogen-bond donors (Lipinski definition) is 1. The molecule has 0 aliphatic carbocycles. The predicted molar refractivity (Wildman–Crippen MR) is 73.5 cm³/mol. The highest BCUT2D eigenvalue weighted by molar-refractivity contribution is 8.13. The Morgan fingerprint density at radius 3 is 2.68 bits per heavy atom. The normalized spacial score (nSPS) is 16.8. The summed E-state index contributed by atoms with van der Waals surface area (Å²) in [5.41, 5.74) is 0. The lowest BCUT2D eigenvalue weighted by Crippen LogP contribution is -2.32. The summed E-state index contributed by atoms with van der Waals surface area (Å²) >= 11 is 1.17. The Morgan fingerprint density at radius 2 is 2.11 bits per heavy atom. The number of nitrogens with one attached hydrogen (secondary N) is 1. The van der Waals surface area contributed by atoms with Gasteiger partial charge in [0.25, 0.3) is 0 Å². The average Bonchev–Trinajstić information content (AvgIpc) is 2.81. The minimum Gasteiger partial charge on any atom is -0.356 e. The molecule has 0 aromatic rings. The molecule has 1 aliphatic rings. The van der Waals surface area contributed by atoms with Crippen LogP contribution < -0.4 is 5.32 Å². The van der Waals surface area contributed by atoms with Crippen LogP contribution in [0, 0.1) is 12.3 Å². The van der Waals surface area contributed by atoms with E-state index in [-0.39, 0.29) is 17.4 Å². The first-order chi connectivity index (χ1) is 9.08. The van der Waals surface area contributed by atoms with E-state index in [0.29, 0.717) is 38.4 Å². The molecule has 0 atom stereocenters. The highest BCUT2D eigenvalue weighted by atomic mass is 32.2. The van der Waals surface area contributed by atoms with Gasteiger partial charge in [-0.25, -0.2) is 0 Å². The quantitative estimate of drug-likeness (QED) is 0.557. The molecule has 1 heterocycles. The zero-order chi connectivity index (χ0) is 14.1. The second kappa shape index (κ2) is 8.20. The van der Waals surface area contributed by atoms with Gasteiger partial charge in [0, 0.05) is 32.1 Å². The van der Waals surface area contributed by atoms with Crippen LogP contribution in [0.2, 0.25) is 0 Å². The van der Waals surface area contributed by atoms with Gasteiger partial charge in [-0.1, -0.05) is 11.8 Å². The molecule has 0 aromatic heterocycles. The van der Waals surface area contributed by atoms with E-state index in [0.717, 1.165) is 0 Å². The van der Waals surface area contributed by atoms with Gasteiger partial charge in [-0.05, 0) is 0 Å². The van der Waals surface area contributed by atoms with Gasteiger partial charge in [0.2, 0.25) is 5.91 Å². The van der Waals surface area contributed by atoms with Crippen LogP contribution in [0.3, 0.4) is 0 Å². The van der Waals surface area contributed by atoms with Crippen molar-refractivity contribution in [2.45, 2.75) is 32.0 Å². The predicted octanol–water partition coefficient (Wildman–Crippen LogP) is 0.929. The zero-order valence-electron chi connectivity index (χ0n) is 11.1. The third-order valence-electron chi connectivity index (χ3n) is 2.62. The Balaban J connectivity index is 2.31. The molecule has 0 saturated carbocycles. The van der Waals surface area contributed by atoms with Crippen molar-refractivity contribution in [2.24, 2.45) is 0 Å². The van der Waals surface area contributed by atoms with Crippen molar-refractivity contribution in [3.63, 3.8) is 0 Å². The van der Waals surface area contributed by atoms with Crippen molar-refractivity contribution < 1.29 is 19.1 Å². The third kappa shape index (κ3) is 6.10. The minimum absolute atomic E-state index is 0.00993. The Kier molecular flexibility index (Phi) is 6.92. The fraction of sp³-hybridized carbons (Fsp3) is 0.692. The average molecular weight is 285 g/mol. The Bertz CT molecular complexity index is 358. The van der Waals surface area contributed by atoms with Crippen molar-refractivity contribution in [3.8, 4) is 12.3 Å². The summed E-state index contributed by atoms with van der Waals surface area (Å²) in [5, 5.41) is 2.63. The molecule has 19 heavy (non-hydrogen) atoms. The lowest BCUT2D eigenvalue weighted by atomic mass is 10.1. The largest absolute Gasteiger partial charge is 0.356 e. The van der Waals surface area contributed by atoms with Crippen LogP contribution in [-0.2, 0) is 19.1 Å². The molecule has 1 amide bonds. The van der Waals surface area contributed by atoms with Crippen LogP contribution in [0.15, 0.2) is 0 Å². The van der Waals surface area contributed by atoms with E-state index in [1.54, 1.807) is 0 Å². The van der Waals surface area contributed by atoms with E-state index in [9.17, 15) is 9.59 Å². The summed E-state index contributed by atoms with van der Waals surface area (Å²) in [4.78, 5) is 22.5. The third-order valence-corrected chi connectivity index (χ3v) is 3.49. The second-order valence-electron chi connectivity index (χ2n) is 4.19. The molecule has 0 spiro atoms. The smallest absolute Gasteiger partial charge is 0.216 e. The van der Waals surface area contributed by atoms with Gasteiger partial charge in [0.1, 0.15) is 0 Å². The SMILES string of the molecule is C#CCCC1(CC(=O)SCCNC(C)=O)OCCO1. The highest BCUT2D eigenvalue weighted by Crippen LogP contribution is 2.30. The topological polar surface area (TPSA) is 64.6 Å². The van der Waals surface area contributed by atoms with Gasteiger partial charge >= 0.3 is 0 Å². The highest BCUT2D eigenvalue weighted by Gasteiger charge is 2.38. The van der Waals surface area contributed by atoms with Gasteiger partial charge in [-0.3, -0.25) is 9.59 Å². The van der Waals surface area contributed by atoms with Crippen LogP contribution in [-0.4, -0.2) is 42.3 Å². The summed E-state index contributed by atoms with van der Waals surface area (Å²) < 4.78 is 11.1. The van der Waals surface area contributed by atoms with Crippen molar-refractivity contribution in [3.05, 3.63) is 0 Å². The number of rotatable bonds is 7. The number of carbonyl (C=O) groups is 2. The van der Waals surface area contributed by atoms with Gasteiger partial charge in [-0.2, -0.15) is 0 Å². The second-order valence-corrected chi connectivity index (χ2v) is 5.34. The van der Waals surface area contributed by atoms with Crippen molar-refractivity contribution in [1.29, 1.82) is 0 Å². The molecule has 1 saturated heterocycles. The minimum atomic E-state index is -0.843. The van der Waals surface area contributed by atoms with E-state index < -0.39 is 5.79 Å². The molecular formula is C13H19NO4S. The van der Waals surface area contributed by atoms with Gasteiger partial charge in [-0.15, -0.1) is 12.3 Å². The van der Waals surface area contributed by atoms with Crippen LogP contribution >= 0.6 is 11.8 Å². The number of ether oxygens (including phenoxy) is 2. The summed E-state index contributed by atoms with van der Waals surface area (Å²) in [6.45, 7) is 2.91. The van der Waals surface area contributed by atoms with E-state index in [1.165, 1.54) is 18.7 Å². The number of hydrogen-bond acceptors (Lipinski definition) is 5. The summed E-state index contributed by atoms with van der Waals surface area (Å²) in [6.07, 6.45) is 6.47. The van der Waals surface area contributed by atoms with Crippen molar-refractivity contribution in [1.82, 2.24) is 5.32 Å². The monoisotopic (exact) mass is 285 g/mol. The first kappa shape index (κ1) is 16.0. The molecule has 6 heteroatoms. The Hall–Kier alpha value is -1.03. The number of thioether (sulfide) groups is 1. The molecule has 5 nitrogen and oxygen atoms in total. The molecule has 106 valence electrons. The first-order valence-electron chi connectivity index (χ1n) is 6.19. The maximum absolute atomic E-state index is 11.9. The maximum atomic E-state index is 11.9. The first-order valence-corrected chi connectivity index (χ1v) is 7.18. The van der Waals surface area contributed by atoms with Gasteiger partial charge in [0.05, 0.1) is 19.6 Å². The van der Waals surface area contributed by atoms with Gasteiger partial charge in [0.15, 0.2) is 10.9 Å². The summed E-state index contributed by atoms with van der Waals surface area (Å²) in [7, 11) is 0. The van der Waals surface area contributed by atoms with E-state index >= 15 is 0 Å². The lowest BCUT2D eigenvalue weighted by Gasteiger charge is -2.25. The van der Waals surface area contributed by atoms with Crippen LogP contribution in [0.4, 0.5) is 0 Å². The molecule has 1 rings (SSSR count). The molecular weight excluding hydrogens is 266 g/mol.